The van der Waals surface area contributed by atoms with Crippen LogP contribution in [0.1, 0.15) is 0 Å². The second kappa shape index (κ2) is 5.74. The van der Waals surface area contributed by atoms with Crippen molar-refractivity contribution >= 4 is 22.5 Å². The molecule has 2 aromatic heterocycles. The number of para-hydroxylation sites is 1. The molecule has 2 heterocycles. The Morgan fingerprint density at radius 1 is 0.826 bits per heavy atom. The van der Waals surface area contributed by atoms with Crippen LogP contribution in [0.5, 0.6) is 11.5 Å². The second-order valence-corrected chi connectivity index (χ2v) is 5.43. The van der Waals surface area contributed by atoms with Gasteiger partial charge in [-0.3, -0.25) is 4.98 Å². The summed E-state index contributed by atoms with van der Waals surface area (Å²) in [5, 5.41) is 5.87. The maximum absolute atomic E-state index is 6.14. The Morgan fingerprint density at radius 3 is 2.35 bits per heavy atom. The highest BCUT2D eigenvalue weighted by atomic mass is 35.5. The smallest absolute Gasteiger partial charge is 0.127 e. The Balaban J connectivity index is 1.66. The average Bonchev–Trinajstić information content (AvgIpc) is 3.02. The molecule has 0 saturated heterocycles. The Hall–Kier alpha value is -2.85. The molecule has 0 fully saturated rings. The van der Waals surface area contributed by atoms with E-state index in [1.165, 1.54) is 0 Å². The third kappa shape index (κ3) is 2.64. The van der Waals surface area contributed by atoms with Crippen molar-refractivity contribution in [2.45, 2.75) is 0 Å². The van der Waals surface area contributed by atoms with Crippen LogP contribution < -0.4 is 4.74 Å². The molecule has 112 valence electrons. The number of benzene rings is 2. The van der Waals surface area contributed by atoms with Crippen molar-refractivity contribution in [3.05, 3.63) is 78.2 Å². The molecule has 4 aromatic rings. The van der Waals surface area contributed by atoms with Gasteiger partial charge in [-0.15, -0.1) is 0 Å². The number of hydrogen-bond acceptors (Lipinski definition) is 3. The number of pyridine rings is 1. The van der Waals surface area contributed by atoms with Gasteiger partial charge < -0.3 is 4.74 Å². The Kier molecular flexibility index (Phi) is 3.44. The monoisotopic (exact) mass is 321 g/mol. The van der Waals surface area contributed by atoms with Crippen molar-refractivity contribution in [1.29, 1.82) is 0 Å². The lowest BCUT2D eigenvalue weighted by atomic mass is 10.3. The minimum Gasteiger partial charge on any atom is -0.457 e. The van der Waals surface area contributed by atoms with Crippen LogP contribution in [0.2, 0.25) is 5.02 Å². The summed E-state index contributed by atoms with van der Waals surface area (Å²) >= 11 is 6.14. The third-order valence-corrected chi connectivity index (χ3v) is 3.81. The van der Waals surface area contributed by atoms with Crippen molar-refractivity contribution in [3.8, 4) is 17.2 Å². The van der Waals surface area contributed by atoms with Gasteiger partial charge in [0.2, 0.25) is 0 Å². The Morgan fingerprint density at radius 2 is 1.57 bits per heavy atom. The van der Waals surface area contributed by atoms with Gasteiger partial charge in [0.05, 0.1) is 28.6 Å². The van der Waals surface area contributed by atoms with Crippen molar-refractivity contribution in [2.75, 3.05) is 0 Å². The van der Waals surface area contributed by atoms with Gasteiger partial charge in [-0.05, 0) is 36.4 Å². The van der Waals surface area contributed by atoms with Gasteiger partial charge in [0.15, 0.2) is 0 Å². The maximum Gasteiger partial charge on any atom is 0.127 e. The van der Waals surface area contributed by atoms with Crippen molar-refractivity contribution in [3.63, 3.8) is 0 Å². The molecule has 0 unspecified atom stereocenters. The fourth-order valence-corrected chi connectivity index (χ4v) is 2.60. The van der Waals surface area contributed by atoms with E-state index < -0.39 is 0 Å². The maximum atomic E-state index is 6.14. The van der Waals surface area contributed by atoms with E-state index in [0.717, 1.165) is 28.1 Å². The summed E-state index contributed by atoms with van der Waals surface area (Å²) in [5.74, 6) is 1.58. The molecule has 5 heteroatoms. The number of halogens is 1. The van der Waals surface area contributed by atoms with Gasteiger partial charge in [0.25, 0.3) is 0 Å². The van der Waals surface area contributed by atoms with Crippen molar-refractivity contribution < 1.29 is 4.74 Å². The highest BCUT2D eigenvalue weighted by molar-refractivity contribution is 6.35. The summed E-state index contributed by atoms with van der Waals surface area (Å²) in [6.45, 7) is 0. The van der Waals surface area contributed by atoms with Gasteiger partial charge in [-0.2, -0.15) is 5.10 Å². The van der Waals surface area contributed by atoms with E-state index in [9.17, 15) is 0 Å². The predicted octanol–water partition coefficient (Wildman–Crippen LogP) is 4.87. The lowest BCUT2D eigenvalue weighted by Gasteiger charge is -2.07. The SMILES string of the molecule is Clc1cncc2c1cnn2-c1ccc(Oc2ccccc2)cc1. The molecule has 4 nitrogen and oxygen atoms in total. The first kappa shape index (κ1) is 13.8. The molecule has 0 aliphatic rings. The normalized spacial score (nSPS) is 10.8. The highest BCUT2D eigenvalue weighted by Crippen LogP contribution is 2.26. The molecule has 0 atom stereocenters. The van der Waals surface area contributed by atoms with Gasteiger partial charge >= 0.3 is 0 Å². The molecule has 0 spiro atoms. The van der Waals surface area contributed by atoms with Crippen LogP contribution in [0, 0.1) is 0 Å². The van der Waals surface area contributed by atoms with Crippen LogP contribution in [0.4, 0.5) is 0 Å². The number of aromatic nitrogens is 3. The Labute approximate surface area is 137 Å². The fourth-order valence-electron chi connectivity index (χ4n) is 2.39. The lowest BCUT2D eigenvalue weighted by molar-refractivity contribution is 0.482. The van der Waals surface area contributed by atoms with Crippen LogP contribution in [-0.2, 0) is 0 Å². The van der Waals surface area contributed by atoms with Crippen LogP contribution in [0.15, 0.2) is 73.2 Å². The molecule has 0 radical (unpaired) electrons. The van der Waals surface area contributed by atoms with E-state index in [0.29, 0.717) is 5.02 Å². The molecule has 0 aliphatic carbocycles. The zero-order valence-electron chi connectivity index (χ0n) is 12.1. The largest absolute Gasteiger partial charge is 0.457 e. The lowest BCUT2D eigenvalue weighted by Crippen LogP contribution is -1.96. The summed E-state index contributed by atoms with van der Waals surface area (Å²) in [7, 11) is 0. The zero-order chi connectivity index (χ0) is 15.6. The van der Waals surface area contributed by atoms with E-state index in [1.807, 2.05) is 54.6 Å². The van der Waals surface area contributed by atoms with E-state index in [1.54, 1.807) is 23.3 Å². The number of nitrogens with zero attached hydrogens (tertiary/aromatic N) is 3. The van der Waals surface area contributed by atoms with Crippen LogP contribution in [0.25, 0.3) is 16.6 Å². The van der Waals surface area contributed by atoms with Crippen molar-refractivity contribution in [1.82, 2.24) is 14.8 Å². The standard InChI is InChI=1S/C18H12ClN3O/c19-17-11-20-12-18-16(17)10-21-22(18)13-6-8-15(9-7-13)23-14-4-2-1-3-5-14/h1-12H. The number of hydrogen-bond donors (Lipinski definition) is 0. The summed E-state index contributed by atoms with van der Waals surface area (Å²) < 4.78 is 7.60. The first-order chi connectivity index (χ1) is 11.3. The summed E-state index contributed by atoms with van der Waals surface area (Å²) in [6, 6.07) is 17.4. The molecular weight excluding hydrogens is 310 g/mol. The summed E-state index contributed by atoms with van der Waals surface area (Å²) in [5.41, 5.74) is 1.79. The molecule has 0 bridgehead atoms. The van der Waals surface area contributed by atoms with E-state index >= 15 is 0 Å². The van der Waals surface area contributed by atoms with E-state index in [4.69, 9.17) is 16.3 Å². The van der Waals surface area contributed by atoms with E-state index in [2.05, 4.69) is 10.1 Å². The highest BCUT2D eigenvalue weighted by Gasteiger charge is 2.08. The van der Waals surface area contributed by atoms with Crippen LogP contribution in [-0.4, -0.2) is 14.8 Å². The van der Waals surface area contributed by atoms with E-state index in [-0.39, 0.29) is 0 Å². The molecule has 0 N–H and O–H groups in total. The van der Waals surface area contributed by atoms with Crippen LogP contribution >= 0.6 is 11.6 Å². The molecule has 4 rings (SSSR count). The first-order valence-electron chi connectivity index (χ1n) is 7.12. The predicted molar refractivity (Wildman–Crippen MR) is 90.4 cm³/mol. The van der Waals surface area contributed by atoms with Gasteiger partial charge in [-0.25, -0.2) is 4.68 Å². The van der Waals surface area contributed by atoms with Gasteiger partial charge in [-0.1, -0.05) is 29.8 Å². The molecule has 0 amide bonds. The quantitative estimate of drug-likeness (QED) is 0.540. The molecule has 0 aliphatic heterocycles. The molecule has 2 aromatic carbocycles. The third-order valence-electron chi connectivity index (χ3n) is 3.51. The molecular formula is C18H12ClN3O. The van der Waals surface area contributed by atoms with Gasteiger partial charge in [0.1, 0.15) is 11.5 Å². The number of ether oxygens (including phenoxy) is 1. The average molecular weight is 322 g/mol. The number of rotatable bonds is 3. The summed E-state index contributed by atoms with van der Waals surface area (Å²) in [6.07, 6.45) is 5.11. The van der Waals surface area contributed by atoms with Gasteiger partial charge in [0, 0.05) is 11.6 Å². The summed E-state index contributed by atoms with van der Waals surface area (Å²) in [4.78, 5) is 4.13. The van der Waals surface area contributed by atoms with Crippen molar-refractivity contribution in [2.24, 2.45) is 0 Å². The Bertz CT molecular complexity index is 949. The molecule has 23 heavy (non-hydrogen) atoms. The van der Waals surface area contributed by atoms with Crippen LogP contribution in [0.3, 0.4) is 0 Å². The topological polar surface area (TPSA) is 39.9 Å². The second-order valence-electron chi connectivity index (χ2n) is 5.02. The molecule has 0 saturated carbocycles. The number of fused-ring (bicyclic) bond motifs is 1. The minimum absolute atomic E-state index is 0.595. The fraction of sp³-hybridized carbons (Fsp3) is 0. The zero-order valence-corrected chi connectivity index (χ0v) is 12.8. The minimum atomic E-state index is 0.595. The first-order valence-corrected chi connectivity index (χ1v) is 7.50.